The third-order valence-electron chi connectivity index (χ3n) is 1.39. The number of ether oxygens (including phenoxy) is 1. The Hall–Kier alpha value is -1.23. The highest BCUT2D eigenvalue weighted by Gasteiger charge is 2.29. The zero-order chi connectivity index (χ0) is 9.90. The predicted molar refractivity (Wildman–Crippen MR) is 43.6 cm³/mol. The van der Waals surface area contributed by atoms with Gasteiger partial charge in [-0.05, 0) is 19.1 Å². The topological polar surface area (TPSA) is 48.1 Å². The summed E-state index contributed by atoms with van der Waals surface area (Å²) in [6, 6.07) is 3.01. The van der Waals surface area contributed by atoms with Crippen LogP contribution in [0, 0.1) is 6.92 Å². The number of hydrogen-bond donors (Lipinski definition) is 1. The number of aromatic nitrogens is 1. The molecule has 0 unspecified atom stereocenters. The van der Waals surface area contributed by atoms with Gasteiger partial charge in [0.05, 0.1) is 12.7 Å². The van der Waals surface area contributed by atoms with E-state index < -0.39 is 12.7 Å². The molecule has 0 radical (unpaired) electrons. The molecule has 0 bridgehead atoms. The van der Waals surface area contributed by atoms with Gasteiger partial charge >= 0.3 is 6.11 Å². The lowest BCUT2D eigenvalue weighted by atomic mass is 10.4. The Bertz CT molecular complexity index is 274. The predicted octanol–water partition coefficient (Wildman–Crippen LogP) is 1.32. The molecule has 13 heavy (non-hydrogen) atoms. The second kappa shape index (κ2) is 3.66. The molecule has 3 nitrogen and oxygen atoms in total. The summed E-state index contributed by atoms with van der Waals surface area (Å²) in [6.45, 7) is 0.908. The van der Waals surface area contributed by atoms with Crippen LogP contribution in [0.25, 0.3) is 0 Å². The van der Waals surface area contributed by atoms with Gasteiger partial charge in [-0.15, -0.1) is 0 Å². The van der Waals surface area contributed by atoms with E-state index in [-0.39, 0.29) is 5.75 Å². The lowest BCUT2D eigenvalue weighted by Crippen LogP contribution is -2.34. The summed E-state index contributed by atoms with van der Waals surface area (Å²) < 4.78 is 29.4. The zero-order valence-electron chi connectivity index (χ0n) is 7.13. The van der Waals surface area contributed by atoms with Crippen molar-refractivity contribution in [3.63, 3.8) is 0 Å². The van der Waals surface area contributed by atoms with Gasteiger partial charge in [0.25, 0.3) is 0 Å². The first-order valence-electron chi connectivity index (χ1n) is 3.73. The highest BCUT2D eigenvalue weighted by atomic mass is 19.3. The second-order valence-electron chi connectivity index (χ2n) is 2.58. The first-order chi connectivity index (χ1) is 6.03. The van der Waals surface area contributed by atoms with Crippen LogP contribution in [0.1, 0.15) is 5.69 Å². The van der Waals surface area contributed by atoms with Crippen molar-refractivity contribution in [1.29, 1.82) is 0 Å². The van der Waals surface area contributed by atoms with Crippen LogP contribution < -0.4 is 10.5 Å². The molecule has 1 heterocycles. The summed E-state index contributed by atoms with van der Waals surface area (Å²) in [5.74, 6) is 0.0149. The Morgan fingerprint density at radius 2 is 2.23 bits per heavy atom. The first kappa shape index (κ1) is 9.85. The number of hydrogen-bond acceptors (Lipinski definition) is 3. The largest absolute Gasteiger partial charge is 0.430 e. The summed E-state index contributed by atoms with van der Waals surface area (Å²) in [6.07, 6.45) is -2.09. The Balaban J connectivity index is 2.69. The minimum atomic E-state index is -3.32. The molecule has 72 valence electrons. The van der Waals surface area contributed by atoms with Crippen LogP contribution in [-0.2, 0) is 0 Å². The van der Waals surface area contributed by atoms with Gasteiger partial charge in [-0.1, -0.05) is 0 Å². The van der Waals surface area contributed by atoms with Crippen molar-refractivity contribution < 1.29 is 13.5 Å². The molecular weight excluding hydrogens is 178 g/mol. The molecule has 0 amide bonds. The number of nitrogens with zero attached hydrogens (tertiary/aromatic N) is 1. The Labute approximate surface area is 74.5 Å². The van der Waals surface area contributed by atoms with E-state index in [1.807, 2.05) is 0 Å². The molecule has 0 saturated heterocycles. The van der Waals surface area contributed by atoms with E-state index in [1.54, 1.807) is 13.0 Å². The Morgan fingerprint density at radius 1 is 1.54 bits per heavy atom. The molecule has 5 heteroatoms. The maximum atomic E-state index is 12.6. The maximum Gasteiger partial charge on any atom is 0.410 e. The standard InChI is InChI=1S/C8H10F2N2O/c1-6-2-3-7(4-12-6)13-8(9,10)5-11/h2-4H,5,11H2,1H3. The van der Waals surface area contributed by atoms with Crippen molar-refractivity contribution in [2.24, 2.45) is 5.73 Å². The fourth-order valence-electron chi connectivity index (χ4n) is 0.729. The van der Waals surface area contributed by atoms with Crippen molar-refractivity contribution in [3.8, 4) is 5.75 Å². The minimum Gasteiger partial charge on any atom is -0.430 e. The monoisotopic (exact) mass is 188 g/mol. The van der Waals surface area contributed by atoms with Crippen molar-refractivity contribution in [2.45, 2.75) is 13.0 Å². The number of pyridine rings is 1. The van der Waals surface area contributed by atoms with Crippen LogP contribution >= 0.6 is 0 Å². The van der Waals surface area contributed by atoms with Gasteiger partial charge in [-0.2, -0.15) is 8.78 Å². The van der Waals surface area contributed by atoms with E-state index in [2.05, 4.69) is 9.72 Å². The lowest BCUT2D eigenvalue weighted by molar-refractivity contribution is -0.166. The molecule has 1 aromatic rings. The number of halogens is 2. The molecule has 0 aliphatic heterocycles. The van der Waals surface area contributed by atoms with E-state index in [9.17, 15) is 8.78 Å². The van der Waals surface area contributed by atoms with Crippen molar-refractivity contribution in [2.75, 3.05) is 6.54 Å². The highest BCUT2D eigenvalue weighted by molar-refractivity contribution is 5.19. The molecule has 0 atom stereocenters. The van der Waals surface area contributed by atoms with Crippen LogP contribution in [0.2, 0.25) is 0 Å². The molecule has 1 aromatic heterocycles. The van der Waals surface area contributed by atoms with Crippen LogP contribution in [0.15, 0.2) is 18.3 Å². The van der Waals surface area contributed by atoms with E-state index in [0.29, 0.717) is 0 Å². The summed E-state index contributed by atoms with van der Waals surface area (Å²) in [7, 11) is 0. The molecule has 0 aliphatic carbocycles. The summed E-state index contributed by atoms with van der Waals surface area (Å²) in [4.78, 5) is 3.80. The molecule has 1 rings (SSSR count). The third kappa shape index (κ3) is 2.95. The maximum absolute atomic E-state index is 12.6. The molecule has 0 saturated carbocycles. The van der Waals surface area contributed by atoms with Crippen LogP contribution in [-0.4, -0.2) is 17.6 Å². The number of aryl methyl sites for hydroxylation is 1. The third-order valence-corrected chi connectivity index (χ3v) is 1.39. The Kier molecular flexibility index (Phi) is 2.77. The van der Waals surface area contributed by atoms with E-state index in [4.69, 9.17) is 5.73 Å². The number of rotatable bonds is 3. The minimum absolute atomic E-state index is 0.0149. The van der Waals surface area contributed by atoms with Gasteiger partial charge in [0.1, 0.15) is 5.75 Å². The highest BCUT2D eigenvalue weighted by Crippen LogP contribution is 2.19. The normalized spacial score (nSPS) is 11.4. The molecular formula is C8H10F2N2O. The fourth-order valence-corrected chi connectivity index (χ4v) is 0.729. The van der Waals surface area contributed by atoms with Gasteiger partial charge in [-0.25, -0.2) is 0 Å². The Morgan fingerprint density at radius 3 is 2.69 bits per heavy atom. The zero-order valence-corrected chi connectivity index (χ0v) is 7.13. The number of alkyl halides is 2. The molecule has 0 fully saturated rings. The average Bonchev–Trinajstić information content (AvgIpc) is 2.09. The average molecular weight is 188 g/mol. The van der Waals surface area contributed by atoms with Crippen molar-refractivity contribution >= 4 is 0 Å². The summed E-state index contributed by atoms with van der Waals surface area (Å²) in [5.41, 5.74) is 5.53. The van der Waals surface area contributed by atoms with Gasteiger partial charge < -0.3 is 10.5 Å². The molecule has 0 aliphatic rings. The van der Waals surface area contributed by atoms with Crippen LogP contribution in [0.3, 0.4) is 0 Å². The van der Waals surface area contributed by atoms with Gasteiger partial charge in [-0.3, -0.25) is 4.98 Å². The number of nitrogens with two attached hydrogens (primary N) is 1. The van der Waals surface area contributed by atoms with E-state index in [0.717, 1.165) is 5.69 Å². The second-order valence-corrected chi connectivity index (χ2v) is 2.58. The molecule has 0 aromatic carbocycles. The fraction of sp³-hybridized carbons (Fsp3) is 0.375. The van der Waals surface area contributed by atoms with Crippen molar-refractivity contribution in [1.82, 2.24) is 4.98 Å². The van der Waals surface area contributed by atoms with Gasteiger partial charge in [0, 0.05) is 5.69 Å². The first-order valence-corrected chi connectivity index (χ1v) is 3.73. The lowest BCUT2D eigenvalue weighted by Gasteiger charge is -2.15. The summed E-state index contributed by atoms with van der Waals surface area (Å²) >= 11 is 0. The van der Waals surface area contributed by atoms with Crippen LogP contribution in [0.5, 0.6) is 5.75 Å². The smallest absolute Gasteiger partial charge is 0.410 e. The van der Waals surface area contributed by atoms with Gasteiger partial charge in [0.2, 0.25) is 0 Å². The van der Waals surface area contributed by atoms with Crippen LogP contribution in [0.4, 0.5) is 8.78 Å². The SMILES string of the molecule is Cc1ccc(OC(F)(F)CN)cn1. The van der Waals surface area contributed by atoms with E-state index >= 15 is 0 Å². The quantitative estimate of drug-likeness (QED) is 0.778. The van der Waals surface area contributed by atoms with Crippen molar-refractivity contribution in [3.05, 3.63) is 24.0 Å². The molecule has 2 N–H and O–H groups in total. The van der Waals surface area contributed by atoms with Gasteiger partial charge in [0.15, 0.2) is 0 Å². The molecule has 0 spiro atoms. The summed E-state index contributed by atoms with van der Waals surface area (Å²) in [5, 5.41) is 0. The van der Waals surface area contributed by atoms with E-state index in [1.165, 1.54) is 12.3 Å².